The van der Waals surface area contributed by atoms with Gasteiger partial charge in [0.2, 0.25) is 0 Å². The van der Waals surface area contributed by atoms with Crippen LogP contribution >= 0.6 is 0 Å². The van der Waals surface area contributed by atoms with Gasteiger partial charge in [-0.2, -0.15) is 5.10 Å². The van der Waals surface area contributed by atoms with E-state index in [-0.39, 0.29) is 0 Å². The van der Waals surface area contributed by atoms with Gasteiger partial charge in [0.25, 0.3) is 0 Å². The van der Waals surface area contributed by atoms with Gasteiger partial charge in [0.1, 0.15) is 0 Å². The van der Waals surface area contributed by atoms with Gasteiger partial charge in [-0.05, 0) is 32.8 Å². The van der Waals surface area contributed by atoms with Crippen molar-refractivity contribution in [3.63, 3.8) is 0 Å². The summed E-state index contributed by atoms with van der Waals surface area (Å²) in [6.45, 7) is 6.53. The lowest BCUT2D eigenvalue weighted by Gasteiger charge is -2.09. The lowest BCUT2D eigenvalue weighted by Crippen LogP contribution is -2.37. The minimum absolute atomic E-state index is 0.611. The van der Waals surface area contributed by atoms with Crippen LogP contribution in [0.5, 0.6) is 0 Å². The molecule has 1 aliphatic rings. The molecule has 5 nitrogen and oxygen atoms in total. The number of hydrogen-bond donors (Lipinski definition) is 2. The van der Waals surface area contributed by atoms with Crippen LogP contribution in [0.3, 0.4) is 0 Å². The minimum Gasteiger partial charge on any atom is -0.357 e. The Hall–Kier alpha value is -1.52. The van der Waals surface area contributed by atoms with Crippen molar-refractivity contribution in [2.75, 3.05) is 13.1 Å². The van der Waals surface area contributed by atoms with Crippen LogP contribution in [0.2, 0.25) is 0 Å². The molecular formula is C14H25N5. The Labute approximate surface area is 115 Å². The first-order valence-corrected chi connectivity index (χ1v) is 7.39. The zero-order valence-electron chi connectivity index (χ0n) is 12.0. The smallest absolute Gasteiger partial charge is 0.191 e. The summed E-state index contributed by atoms with van der Waals surface area (Å²) in [6, 6.07) is 2.69. The van der Waals surface area contributed by atoms with Gasteiger partial charge in [-0.25, -0.2) is 4.99 Å². The molecule has 0 unspecified atom stereocenters. The molecule has 0 amide bonds. The van der Waals surface area contributed by atoms with Crippen LogP contribution in [0.25, 0.3) is 0 Å². The summed E-state index contributed by atoms with van der Waals surface area (Å²) in [5.41, 5.74) is 1.04. The van der Waals surface area contributed by atoms with Crippen molar-refractivity contribution in [1.82, 2.24) is 20.4 Å². The Morgan fingerprint density at radius 1 is 1.32 bits per heavy atom. The number of nitrogens with zero attached hydrogens (tertiary/aromatic N) is 3. The van der Waals surface area contributed by atoms with E-state index in [9.17, 15) is 0 Å². The Kier molecular flexibility index (Phi) is 5.24. The molecule has 1 heterocycles. The number of aliphatic imine (C=N–C) groups is 1. The quantitative estimate of drug-likeness (QED) is 0.631. The standard InChI is InChI=1S/C14H25N5/c1-3-15-14(16-4-2)17-11-12-9-10-19(18-12)13-7-5-6-8-13/h9-10,13H,3-8,11H2,1-2H3,(H2,15,16,17). The van der Waals surface area contributed by atoms with Gasteiger partial charge in [0.05, 0.1) is 18.3 Å². The lowest BCUT2D eigenvalue weighted by atomic mass is 10.3. The highest BCUT2D eigenvalue weighted by atomic mass is 15.3. The molecule has 0 radical (unpaired) electrons. The van der Waals surface area contributed by atoms with E-state index in [2.05, 4.69) is 51.5 Å². The lowest BCUT2D eigenvalue weighted by molar-refractivity contribution is 0.463. The van der Waals surface area contributed by atoms with Crippen LogP contribution in [0.1, 0.15) is 51.3 Å². The first-order chi connectivity index (χ1) is 9.33. The van der Waals surface area contributed by atoms with E-state index < -0.39 is 0 Å². The van der Waals surface area contributed by atoms with Crippen LogP contribution in [-0.4, -0.2) is 28.8 Å². The molecule has 0 aliphatic heterocycles. The first kappa shape index (κ1) is 13.9. The summed E-state index contributed by atoms with van der Waals surface area (Å²) in [6.07, 6.45) is 7.31. The molecule has 1 aliphatic carbocycles. The second kappa shape index (κ2) is 7.16. The van der Waals surface area contributed by atoms with E-state index in [1.165, 1.54) is 25.7 Å². The Morgan fingerprint density at radius 3 is 2.63 bits per heavy atom. The van der Waals surface area contributed by atoms with Gasteiger partial charge in [0, 0.05) is 19.3 Å². The predicted octanol–water partition coefficient (Wildman–Crippen LogP) is 2.07. The van der Waals surface area contributed by atoms with E-state index in [0.717, 1.165) is 24.7 Å². The normalized spacial score (nSPS) is 15.5. The second-order valence-electron chi connectivity index (χ2n) is 4.95. The maximum absolute atomic E-state index is 4.64. The average Bonchev–Trinajstić information content (AvgIpc) is 3.07. The van der Waals surface area contributed by atoms with Crippen LogP contribution in [0.15, 0.2) is 17.3 Å². The van der Waals surface area contributed by atoms with Crippen molar-refractivity contribution in [2.45, 2.75) is 52.1 Å². The number of guanidine groups is 1. The fourth-order valence-electron chi connectivity index (χ4n) is 2.50. The summed E-state index contributed by atoms with van der Waals surface area (Å²) in [5, 5.41) is 11.1. The molecule has 1 aromatic rings. The zero-order chi connectivity index (χ0) is 13.5. The van der Waals surface area contributed by atoms with E-state index in [1.54, 1.807) is 0 Å². The number of nitrogens with one attached hydrogen (secondary N) is 2. The summed E-state index contributed by atoms with van der Waals surface area (Å²) in [5.74, 6) is 0.861. The first-order valence-electron chi connectivity index (χ1n) is 7.39. The fourth-order valence-corrected chi connectivity index (χ4v) is 2.50. The van der Waals surface area contributed by atoms with Crippen molar-refractivity contribution < 1.29 is 0 Å². The van der Waals surface area contributed by atoms with Gasteiger partial charge in [-0.15, -0.1) is 0 Å². The number of aromatic nitrogens is 2. The van der Waals surface area contributed by atoms with Gasteiger partial charge in [-0.1, -0.05) is 12.8 Å². The van der Waals surface area contributed by atoms with Gasteiger partial charge < -0.3 is 10.6 Å². The van der Waals surface area contributed by atoms with E-state index in [0.29, 0.717) is 12.6 Å². The molecule has 19 heavy (non-hydrogen) atoms. The molecule has 0 aromatic carbocycles. The highest BCUT2D eigenvalue weighted by Crippen LogP contribution is 2.28. The van der Waals surface area contributed by atoms with Crippen LogP contribution in [-0.2, 0) is 6.54 Å². The minimum atomic E-state index is 0.611. The van der Waals surface area contributed by atoms with Gasteiger partial charge in [-0.3, -0.25) is 4.68 Å². The van der Waals surface area contributed by atoms with Crippen molar-refractivity contribution >= 4 is 5.96 Å². The molecule has 0 spiro atoms. The van der Waals surface area contributed by atoms with Crippen LogP contribution < -0.4 is 10.6 Å². The molecule has 0 bridgehead atoms. The molecular weight excluding hydrogens is 238 g/mol. The molecule has 2 rings (SSSR count). The van der Waals surface area contributed by atoms with Gasteiger partial charge in [0.15, 0.2) is 5.96 Å². The molecule has 1 aromatic heterocycles. The number of rotatable bonds is 5. The summed E-state index contributed by atoms with van der Waals surface area (Å²) >= 11 is 0. The van der Waals surface area contributed by atoms with Gasteiger partial charge >= 0.3 is 0 Å². The Morgan fingerprint density at radius 2 is 2.00 bits per heavy atom. The third-order valence-electron chi connectivity index (χ3n) is 3.45. The fraction of sp³-hybridized carbons (Fsp3) is 0.714. The summed E-state index contributed by atoms with van der Waals surface area (Å²) in [7, 11) is 0. The Balaban J connectivity index is 1.92. The predicted molar refractivity (Wildman–Crippen MR) is 78.2 cm³/mol. The summed E-state index contributed by atoms with van der Waals surface area (Å²) < 4.78 is 2.12. The second-order valence-corrected chi connectivity index (χ2v) is 4.95. The highest BCUT2D eigenvalue weighted by molar-refractivity contribution is 5.79. The molecule has 0 atom stereocenters. The number of hydrogen-bond acceptors (Lipinski definition) is 2. The molecule has 5 heteroatoms. The molecule has 1 fully saturated rings. The van der Waals surface area contributed by atoms with Crippen molar-refractivity contribution in [3.8, 4) is 0 Å². The maximum Gasteiger partial charge on any atom is 0.191 e. The zero-order valence-corrected chi connectivity index (χ0v) is 12.0. The van der Waals surface area contributed by atoms with Crippen LogP contribution in [0.4, 0.5) is 0 Å². The van der Waals surface area contributed by atoms with E-state index >= 15 is 0 Å². The molecule has 106 valence electrons. The largest absolute Gasteiger partial charge is 0.357 e. The SMILES string of the molecule is CCNC(=NCc1ccn(C2CCCC2)n1)NCC. The van der Waals surface area contributed by atoms with Crippen molar-refractivity contribution in [1.29, 1.82) is 0 Å². The highest BCUT2D eigenvalue weighted by Gasteiger charge is 2.17. The average molecular weight is 263 g/mol. The third-order valence-corrected chi connectivity index (χ3v) is 3.45. The monoisotopic (exact) mass is 263 g/mol. The molecule has 1 saturated carbocycles. The maximum atomic E-state index is 4.64. The van der Waals surface area contributed by atoms with E-state index in [1.807, 2.05) is 0 Å². The van der Waals surface area contributed by atoms with Crippen molar-refractivity contribution in [3.05, 3.63) is 18.0 Å². The topological polar surface area (TPSA) is 54.2 Å². The summed E-state index contributed by atoms with van der Waals surface area (Å²) in [4.78, 5) is 4.53. The third kappa shape index (κ3) is 3.98. The van der Waals surface area contributed by atoms with Crippen molar-refractivity contribution in [2.24, 2.45) is 4.99 Å². The van der Waals surface area contributed by atoms with Crippen LogP contribution in [0, 0.1) is 0 Å². The van der Waals surface area contributed by atoms with E-state index in [4.69, 9.17) is 0 Å². The molecule has 0 saturated heterocycles. The Bertz CT molecular complexity index is 396. The molecule has 2 N–H and O–H groups in total.